The van der Waals surface area contributed by atoms with Crippen molar-refractivity contribution < 1.29 is 32.2 Å². The van der Waals surface area contributed by atoms with Crippen LogP contribution in [0.1, 0.15) is 17.3 Å². The second-order valence-electron chi connectivity index (χ2n) is 7.46. The second kappa shape index (κ2) is 8.26. The summed E-state index contributed by atoms with van der Waals surface area (Å²) in [7, 11) is 3.18. The van der Waals surface area contributed by atoms with Crippen molar-refractivity contribution in [3.8, 4) is 5.75 Å². The molecular formula is C20H20F3N5O4. The topological polar surface area (TPSA) is 88.1 Å². The van der Waals surface area contributed by atoms with Gasteiger partial charge in [-0.1, -0.05) is 12.1 Å². The van der Waals surface area contributed by atoms with Crippen LogP contribution in [0.25, 0.3) is 0 Å². The number of aldehydes is 1. The SMILES string of the molecule is COCc1ncc2c(n1)N(C)C(C=O)N2C(=O)N1CC(c2ccc(OC(F)(F)F)cc2)C1. The average Bonchev–Trinajstić information content (AvgIpc) is 2.98. The highest BCUT2D eigenvalue weighted by molar-refractivity contribution is 6.03. The fourth-order valence-corrected chi connectivity index (χ4v) is 3.78. The van der Waals surface area contributed by atoms with Crippen LogP contribution in [0.5, 0.6) is 5.75 Å². The van der Waals surface area contributed by atoms with Crippen LogP contribution in [0, 0.1) is 0 Å². The first-order chi connectivity index (χ1) is 15.2. The van der Waals surface area contributed by atoms with Gasteiger partial charge in [0.05, 0.1) is 6.20 Å². The van der Waals surface area contributed by atoms with Gasteiger partial charge in [0.1, 0.15) is 18.0 Å². The van der Waals surface area contributed by atoms with Gasteiger partial charge in [-0.25, -0.2) is 14.8 Å². The van der Waals surface area contributed by atoms with E-state index in [1.165, 1.54) is 30.3 Å². The Labute approximate surface area is 181 Å². The number of likely N-dealkylation sites (N-methyl/N-ethyl adjacent to an activating group) is 1. The largest absolute Gasteiger partial charge is 0.573 e. The number of fused-ring (bicyclic) bond motifs is 1. The first-order valence-electron chi connectivity index (χ1n) is 9.68. The van der Waals surface area contributed by atoms with E-state index < -0.39 is 12.5 Å². The highest BCUT2D eigenvalue weighted by Crippen LogP contribution is 2.38. The molecule has 12 heteroatoms. The lowest BCUT2D eigenvalue weighted by Crippen LogP contribution is -2.57. The molecule has 1 atom stereocenters. The van der Waals surface area contributed by atoms with E-state index in [4.69, 9.17) is 4.74 Å². The van der Waals surface area contributed by atoms with E-state index in [9.17, 15) is 22.8 Å². The van der Waals surface area contributed by atoms with Crippen LogP contribution in [0.3, 0.4) is 0 Å². The smallest absolute Gasteiger partial charge is 0.406 e. The zero-order valence-corrected chi connectivity index (χ0v) is 17.2. The van der Waals surface area contributed by atoms with Crippen molar-refractivity contribution in [2.75, 3.05) is 37.0 Å². The maximum absolute atomic E-state index is 13.1. The van der Waals surface area contributed by atoms with Gasteiger partial charge >= 0.3 is 12.4 Å². The molecule has 0 radical (unpaired) electrons. The molecule has 1 fully saturated rings. The molecule has 2 aliphatic heterocycles. The molecule has 0 saturated carbocycles. The van der Waals surface area contributed by atoms with E-state index in [1.54, 1.807) is 29.0 Å². The van der Waals surface area contributed by atoms with E-state index in [-0.39, 0.29) is 24.3 Å². The number of likely N-dealkylation sites (tertiary alicyclic amines) is 1. The number of halogens is 3. The van der Waals surface area contributed by atoms with Crippen LogP contribution in [-0.4, -0.2) is 67.0 Å². The van der Waals surface area contributed by atoms with E-state index in [1.807, 2.05) is 0 Å². The second-order valence-corrected chi connectivity index (χ2v) is 7.46. The van der Waals surface area contributed by atoms with E-state index in [2.05, 4.69) is 14.7 Å². The van der Waals surface area contributed by atoms with Crippen molar-refractivity contribution >= 4 is 23.8 Å². The number of ether oxygens (including phenoxy) is 2. The maximum atomic E-state index is 13.1. The van der Waals surface area contributed by atoms with E-state index in [0.717, 1.165) is 5.56 Å². The minimum absolute atomic E-state index is 0.0336. The third kappa shape index (κ3) is 4.05. The van der Waals surface area contributed by atoms with Crippen molar-refractivity contribution in [2.45, 2.75) is 25.1 Å². The molecule has 0 bridgehead atoms. The number of hydrogen-bond donors (Lipinski definition) is 0. The number of methoxy groups -OCH3 is 1. The normalized spacial score (nSPS) is 18.4. The Morgan fingerprint density at radius 1 is 1.25 bits per heavy atom. The monoisotopic (exact) mass is 451 g/mol. The van der Waals surface area contributed by atoms with E-state index >= 15 is 0 Å². The Morgan fingerprint density at radius 2 is 1.94 bits per heavy atom. The summed E-state index contributed by atoms with van der Waals surface area (Å²) >= 11 is 0. The molecule has 1 unspecified atom stereocenters. The molecule has 0 spiro atoms. The first-order valence-corrected chi connectivity index (χ1v) is 9.68. The number of aromatic nitrogens is 2. The molecule has 2 aromatic rings. The first kappa shape index (κ1) is 21.8. The molecule has 170 valence electrons. The fraction of sp³-hybridized carbons (Fsp3) is 0.400. The zero-order valence-electron chi connectivity index (χ0n) is 17.2. The third-order valence-electron chi connectivity index (χ3n) is 5.39. The van der Waals surface area contributed by atoms with Crippen LogP contribution in [0.15, 0.2) is 30.5 Å². The van der Waals surface area contributed by atoms with Crippen LogP contribution in [-0.2, 0) is 16.1 Å². The van der Waals surface area contributed by atoms with Gasteiger partial charge < -0.3 is 19.3 Å². The molecule has 9 nitrogen and oxygen atoms in total. The molecule has 32 heavy (non-hydrogen) atoms. The number of anilines is 2. The summed E-state index contributed by atoms with van der Waals surface area (Å²) in [6, 6.07) is 5.22. The van der Waals surface area contributed by atoms with Gasteiger partial charge in [-0.05, 0) is 17.7 Å². The molecule has 3 heterocycles. The van der Waals surface area contributed by atoms with Crippen molar-refractivity contribution in [3.05, 3.63) is 41.9 Å². The summed E-state index contributed by atoms with van der Waals surface area (Å²) in [5.74, 6) is 0.550. The summed E-state index contributed by atoms with van der Waals surface area (Å²) in [4.78, 5) is 38.0. The van der Waals surface area contributed by atoms with Gasteiger partial charge in [-0.15, -0.1) is 13.2 Å². The number of nitrogens with zero attached hydrogens (tertiary/aromatic N) is 5. The third-order valence-corrected chi connectivity index (χ3v) is 5.39. The Bertz CT molecular complexity index is 1010. The highest BCUT2D eigenvalue weighted by atomic mass is 19.4. The number of amides is 2. The molecule has 1 aromatic carbocycles. The maximum Gasteiger partial charge on any atom is 0.573 e. The number of carbonyl (C=O) groups is 2. The fourth-order valence-electron chi connectivity index (χ4n) is 3.78. The standard InChI is InChI=1S/C20H20F3N5O4/c1-26-17(10-29)28(15-7-24-16(11-31-2)25-18(15)26)19(30)27-8-13(9-27)12-3-5-14(6-4-12)32-20(21,22)23/h3-7,10,13,17H,8-9,11H2,1-2H3. The Balaban J connectivity index is 1.45. The molecule has 0 N–H and O–H groups in total. The number of alkyl halides is 3. The molecule has 1 saturated heterocycles. The van der Waals surface area contributed by atoms with Gasteiger partial charge in [0.15, 0.2) is 24.1 Å². The number of rotatable bonds is 5. The van der Waals surface area contributed by atoms with Gasteiger partial charge in [0.2, 0.25) is 0 Å². The van der Waals surface area contributed by atoms with Crippen LogP contribution in [0.4, 0.5) is 29.5 Å². The van der Waals surface area contributed by atoms with Gasteiger partial charge in [-0.2, -0.15) is 0 Å². The minimum Gasteiger partial charge on any atom is -0.406 e. The lowest BCUT2D eigenvalue weighted by molar-refractivity contribution is -0.274. The molecular weight excluding hydrogens is 431 g/mol. The van der Waals surface area contributed by atoms with Crippen molar-refractivity contribution in [2.24, 2.45) is 0 Å². The van der Waals surface area contributed by atoms with Crippen molar-refractivity contribution in [1.82, 2.24) is 14.9 Å². The van der Waals surface area contributed by atoms with Crippen LogP contribution >= 0.6 is 0 Å². The minimum atomic E-state index is -4.75. The lowest BCUT2D eigenvalue weighted by Gasteiger charge is -2.42. The Hall–Kier alpha value is -3.41. The molecule has 1 aromatic heterocycles. The Kier molecular flexibility index (Phi) is 5.63. The lowest BCUT2D eigenvalue weighted by atomic mass is 9.92. The summed E-state index contributed by atoms with van der Waals surface area (Å²) in [6.45, 7) is 0.922. The van der Waals surface area contributed by atoms with Crippen LogP contribution < -0.4 is 14.5 Å². The quantitative estimate of drug-likeness (QED) is 0.646. The Morgan fingerprint density at radius 3 is 2.53 bits per heavy atom. The molecule has 0 aliphatic carbocycles. The molecule has 4 rings (SSSR count). The number of urea groups is 1. The number of benzene rings is 1. The van der Waals surface area contributed by atoms with Crippen molar-refractivity contribution in [1.29, 1.82) is 0 Å². The highest BCUT2D eigenvalue weighted by Gasteiger charge is 2.44. The zero-order chi connectivity index (χ0) is 23.0. The number of carbonyl (C=O) groups excluding carboxylic acids is 2. The summed E-state index contributed by atoms with van der Waals surface area (Å²) in [6.07, 6.45) is -3.46. The van der Waals surface area contributed by atoms with Gasteiger partial charge in [0.25, 0.3) is 0 Å². The summed E-state index contributed by atoms with van der Waals surface area (Å²) in [5, 5.41) is 0. The van der Waals surface area contributed by atoms with Gasteiger partial charge in [-0.3, -0.25) is 9.69 Å². The summed E-state index contributed by atoms with van der Waals surface area (Å²) in [5.41, 5.74) is 1.22. The van der Waals surface area contributed by atoms with Gasteiger partial charge in [0, 0.05) is 33.2 Å². The van der Waals surface area contributed by atoms with Crippen molar-refractivity contribution in [3.63, 3.8) is 0 Å². The number of hydrogen-bond acceptors (Lipinski definition) is 7. The predicted molar refractivity (Wildman–Crippen MR) is 106 cm³/mol. The van der Waals surface area contributed by atoms with Crippen LogP contribution in [0.2, 0.25) is 0 Å². The predicted octanol–water partition coefficient (Wildman–Crippen LogP) is 2.52. The molecule has 2 aliphatic rings. The summed E-state index contributed by atoms with van der Waals surface area (Å²) < 4.78 is 45.8. The average molecular weight is 451 g/mol. The molecule has 2 amide bonds. The van der Waals surface area contributed by atoms with E-state index in [0.29, 0.717) is 36.7 Å².